The zero-order valence-corrected chi connectivity index (χ0v) is 10.5. The Morgan fingerprint density at radius 2 is 2.06 bits per heavy atom. The van der Waals surface area contributed by atoms with Crippen LogP contribution in [0, 0.1) is 5.41 Å². The van der Waals surface area contributed by atoms with Crippen molar-refractivity contribution < 1.29 is 18.3 Å². The van der Waals surface area contributed by atoms with Gasteiger partial charge in [0.25, 0.3) is 0 Å². The fraction of sp³-hybridized carbons (Fsp3) is 0.417. The highest BCUT2D eigenvalue weighted by Gasteiger charge is 2.49. The maximum Gasteiger partial charge on any atom is 0.337 e. The summed E-state index contributed by atoms with van der Waals surface area (Å²) in [6, 6.07) is 4.53. The Kier molecular flexibility index (Phi) is 2.22. The Morgan fingerprint density at radius 3 is 2.67 bits per heavy atom. The molecule has 1 aliphatic carbocycles. The van der Waals surface area contributed by atoms with E-state index >= 15 is 0 Å². The molecule has 1 saturated carbocycles. The van der Waals surface area contributed by atoms with Crippen LogP contribution in [0.5, 0.6) is 0 Å². The Labute approximate surface area is 105 Å². The van der Waals surface area contributed by atoms with Gasteiger partial charge in [-0.25, -0.2) is 13.2 Å². The number of carboxylic acids is 1. The average Bonchev–Trinajstić information content (AvgIpc) is 3.06. The topological polar surface area (TPSA) is 83.5 Å². The number of hydrogen-bond acceptors (Lipinski definition) is 4. The molecule has 0 saturated heterocycles. The molecule has 6 heteroatoms. The van der Waals surface area contributed by atoms with Gasteiger partial charge in [-0.3, -0.25) is 0 Å². The number of fused-ring (bicyclic) bond motifs is 1. The number of benzene rings is 1. The molecule has 0 bridgehead atoms. The number of rotatable bonds is 1. The predicted molar refractivity (Wildman–Crippen MR) is 65.6 cm³/mol. The molecule has 1 aliphatic heterocycles. The summed E-state index contributed by atoms with van der Waals surface area (Å²) < 4.78 is 24.7. The van der Waals surface area contributed by atoms with E-state index in [2.05, 4.69) is 5.32 Å². The van der Waals surface area contributed by atoms with Crippen molar-refractivity contribution in [2.75, 3.05) is 17.6 Å². The summed E-state index contributed by atoms with van der Waals surface area (Å²) in [5, 5.41) is 12.2. The van der Waals surface area contributed by atoms with Crippen molar-refractivity contribution in [3.63, 3.8) is 0 Å². The fourth-order valence-electron chi connectivity index (χ4n) is 2.49. The van der Waals surface area contributed by atoms with Crippen molar-refractivity contribution in [1.82, 2.24) is 0 Å². The lowest BCUT2D eigenvalue weighted by molar-refractivity contribution is 0.0693. The van der Waals surface area contributed by atoms with Gasteiger partial charge in [-0.2, -0.15) is 0 Å². The Morgan fingerprint density at radius 1 is 1.33 bits per heavy atom. The van der Waals surface area contributed by atoms with Crippen LogP contribution in [0.25, 0.3) is 0 Å². The quantitative estimate of drug-likeness (QED) is 0.802. The van der Waals surface area contributed by atoms with Gasteiger partial charge < -0.3 is 10.4 Å². The number of hydrogen-bond donors (Lipinski definition) is 2. The molecule has 18 heavy (non-hydrogen) atoms. The smallest absolute Gasteiger partial charge is 0.337 e. The molecule has 1 aromatic rings. The summed E-state index contributed by atoms with van der Waals surface area (Å²) in [5.74, 6) is -1.16. The van der Waals surface area contributed by atoms with Gasteiger partial charge in [0.2, 0.25) is 0 Å². The van der Waals surface area contributed by atoms with Gasteiger partial charge in [-0.1, -0.05) is 6.07 Å². The first kappa shape index (κ1) is 11.5. The summed E-state index contributed by atoms with van der Waals surface area (Å²) in [6.07, 6.45) is 1.77. The highest BCUT2D eigenvalue weighted by molar-refractivity contribution is 7.91. The SMILES string of the molecule is O=C(O)c1cccc2c1S(=O)(=O)CC1(CC1)CN2. The van der Waals surface area contributed by atoms with Crippen molar-refractivity contribution in [2.45, 2.75) is 17.7 Å². The van der Waals surface area contributed by atoms with E-state index in [1.807, 2.05) is 0 Å². The summed E-state index contributed by atoms with van der Waals surface area (Å²) in [5.41, 5.74) is 0.0875. The van der Waals surface area contributed by atoms with Crippen molar-refractivity contribution in [3.8, 4) is 0 Å². The third-order valence-electron chi connectivity index (χ3n) is 3.66. The molecule has 0 amide bonds. The minimum Gasteiger partial charge on any atom is -0.478 e. The molecule has 2 N–H and O–H groups in total. The standard InChI is InChI=1S/C12H13NO4S/c14-11(15)8-2-1-3-9-10(8)18(16,17)7-12(4-5-12)6-13-9/h1-3,13H,4-7H2,(H,14,15). The lowest BCUT2D eigenvalue weighted by atomic mass is 10.1. The highest BCUT2D eigenvalue weighted by Crippen LogP contribution is 2.50. The molecule has 0 atom stereocenters. The van der Waals surface area contributed by atoms with Gasteiger partial charge in [-0.05, 0) is 25.0 Å². The minimum atomic E-state index is -3.54. The van der Waals surface area contributed by atoms with Gasteiger partial charge in [-0.15, -0.1) is 0 Å². The molecule has 1 spiro atoms. The largest absolute Gasteiger partial charge is 0.478 e. The molecular formula is C12H13NO4S. The number of carboxylic acid groups (broad SMARTS) is 1. The number of sulfone groups is 1. The molecule has 1 heterocycles. The van der Waals surface area contributed by atoms with Gasteiger partial charge in [0.1, 0.15) is 4.90 Å². The maximum atomic E-state index is 12.4. The van der Waals surface area contributed by atoms with Crippen LogP contribution in [-0.4, -0.2) is 31.8 Å². The van der Waals surface area contributed by atoms with E-state index in [1.165, 1.54) is 6.07 Å². The van der Waals surface area contributed by atoms with Crippen LogP contribution in [-0.2, 0) is 9.84 Å². The summed E-state index contributed by atoms with van der Waals surface area (Å²) in [4.78, 5) is 11.1. The highest BCUT2D eigenvalue weighted by atomic mass is 32.2. The molecule has 3 rings (SSSR count). The van der Waals surface area contributed by atoms with E-state index in [4.69, 9.17) is 5.11 Å². The molecule has 0 aromatic heterocycles. The Bertz CT molecular complexity index is 631. The third-order valence-corrected chi connectivity index (χ3v) is 5.72. The van der Waals surface area contributed by atoms with E-state index in [9.17, 15) is 13.2 Å². The molecule has 1 aromatic carbocycles. The second-order valence-electron chi connectivity index (χ2n) is 5.10. The van der Waals surface area contributed by atoms with Crippen LogP contribution in [0.4, 0.5) is 5.69 Å². The zero-order valence-electron chi connectivity index (χ0n) is 9.64. The van der Waals surface area contributed by atoms with Crippen molar-refractivity contribution in [3.05, 3.63) is 23.8 Å². The number of anilines is 1. The molecule has 0 unspecified atom stereocenters. The molecule has 96 valence electrons. The van der Waals surface area contributed by atoms with Crippen LogP contribution in [0.15, 0.2) is 23.1 Å². The monoisotopic (exact) mass is 267 g/mol. The average molecular weight is 267 g/mol. The van der Waals surface area contributed by atoms with E-state index in [1.54, 1.807) is 12.1 Å². The van der Waals surface area contributed by atoms with Crippen LogP contribution in [0.2, 0.25) is 0 Å². The lowest BCUT2D eigenvalue weighted by Gasteiger charge is -2.09. The first-order valence-electron chi connectivity index (χ1n) is 5.77. The first-order chi connectivity index (χ1) is 8.44. The summed E-state index contributed by atoms with van der Waals surface area (Å²) in [6.45, 7) is 0.600. The second kappa shape index (κ2) is 3.47. The number of nitrogens with one attached hydrogen (secondary N) is 1. The van der Waals surface area contributed by atoms with Crippen LogP contribution < -0.4 is 5.32 Å². The lowest BCUT2D eigenvalue weighted by Crippen LogP contribution is -2.21. The van der Waals surface area contributed by atoms with E-state index in [-0.39, 0.29) is 21.6 Å². The molecule has 5 nitrogen and oxygen atoms in total. The zero-order chi connectivity index (χ0) is 13.0. The van der Waals surface area contributed by atoms with E-state index < -0.39 is 15.8 Å². The summed E-state index contributed by atoms with van der Waals surface area (Å²) in [7, 11) is -3.54. The molecule has 2 aliphatic rings. The Balaban J connectivity index is 2.22. The van der Waals surface area contributed by atoms with E-state index in [0.717, 1.165) is 12.8 Å². The van der Waals surface area contributed by atoms with Crippen LogP contribution >= 0.6 is 0 Å². The van der Waals surface area contributed by atoms with E-state index in [0.29, 0.717) is 12.2 Å². The van der Waals surface area contributed by atoms with Gasteiger partial charge >= 0.3 is 5.97 Å². The van der Waals surface area contributed by atoms with Gasteiger partial charge in [0, 0.05) is 12.0 Å². The van der Waals surface area contributed by atoms with Crippen LogP contribution in [0.1, 0.15) is 23.2 Å². The van der Waals surface area contributed by atoms with Crippen molar-refractivity contribution in [1.29, 1.82) is 0 Å². The first-order valence-corrected chi connectivity index (χ1v) is 7.42. The third kappa shape index (κ3) is 1.68. The summed E-state index contributed by atoms with van der Waals surface area (Å²) >= 11 is 0. The van der Waals surface area contributed by atoms with Crippen LogP contribution in [0.3, 0.4) is 0 Å². The molecular weight excluding hydrogens is 254 g/mol. The normalized spacial score (nSPS) is 22.7. The minimum absolute atomic E-state index is 0.0459. The second-order valence-corrected chi connectivity index (χ2v) is 7.03. The van der Waals surface area contributed by atoms with Crippen molar-refractivity contribution >= 4 is 21.5 Å². The maximum absolute atomic E-state index is 12.4. The predicted octanol–water partition coefficient (Wildman–Crippen LogP) is 1.36. The number of aromatic carboxylic acids is 1. The fourth-order valence-corrected chi connectivity index (χ4v) is 4.79. The van der Waals surface area contributed by atoms with Gasteiger partial charge in [0.15, 0.2) is 9.84 Å². The molecule has 0 radical (unpaired) electrons. The van der Waals surface area contributed by atoms with Crippen molar-refractivity contribution in [2.24, 2.45) is 5.41 Å². The number of carbonyl (C=O) groups is 1. The van der Waals surface area contributed by atoms with Gasteiger partial charge in [0.05, 0.1) is 17.0 Å². The molecule has 1 fully saturated rings. The Hall–Kier alpha value is -1.56.